The SMILES string of the molecule is CC(C)CCC[C@@H](C)[C@@H]1CC[C@@H]2[C@H]3CC(=O)C4=C[C@@H](O)CC[C@]4(C)[C@@H]3CC[C@]21C. The molecule has 0 radical (unpaired) electrons. The smallest absolute Gasteiger partial charge is 0.159 e. The standard InChI is InChI=1S/C27H44O2/c1-17(2)7-6-8-18(3)21-9-10-22-20-16-25(29)24-15-19(28)11-13-27(24,5)23(20)12-14-26(21,22)4/h15,17-23,28H,6-14,16H2,1-5H3/t18-,19+,20-,21+,22-,23-,26+,27-/m1/s1. The van der Waals surface area contributed by atoms with E-state index < -0.39 is 6.10 Å². The molecule has 3 fully saturated rings. The highest BCUT2D eigenvalue weighted by Crippen LogP contribution is 2.67. The van der Waals surface area contributed by atoms with Crippen molar-refractivity contribution >= 4 is 5.78 Å². The first-order chi connectivity index (χ1) is 13.7. The molecule has 4 rings (SSSR count). The quantitative estimate of drug-likeness (QED) is 0.567. The Bertz CT molecular complexity index is 663. The van der Waals surface area contributed by atoms with Crippen LogP contribution in [0, 0.1) is 46.3 Å². The molecule has 0 unspecified atom stereocenters. The van der Waals surface area contributed by atoms with Crippen molar-refractivity contribution in [2.45, 2.75) is 105 Å². The lowest BCUT2D eigenvalue weighted by Gasteiger charge is -2.58. The predicted octanol–water partition coefficient (Wildman–Crippen LogP) is 6.57. The van der Waals surface area contributed by atoms with E-state index in [1.165, 1.54) is 44.9 Å². The van der Waals surface area contributed by atoms with Crippen LogP contribution in [-0.2, 0) is 4.79 Å². The molecule has 4 aliphatic carbocycles. The highest BCUT2D eigenvalue weighted by Gasteiger charge is 2.60. The highest BCUT2D eigenvalue weighted by molar-refractivity contribution is 5.98. The van der Waals surface area contributed by atoms with Gasteiger partial charge in [-0.25, -0.2) is 0 Å². The fourth-order valence-electron chi connectivity index (χ4n) is 8.56. The van der Waals surface area contributed by atoms with Crippen LogP contribution in [0.15, 0.2) is 11.6 Å². The average molecular weight is 401 g/mol. The minimum Gasteiger partial charge on any atom is -0.389 e. The topological polar surface area (TPSA) is 37.3 Å². The van der Waals surface area contributed by atoms with Crippen LogP contribution in [0.2, 0.25) is 0 Å². The third-order valence-corrected chi connectivity index (χ3v) is 10.1. The van der Waals surface area contributed by atoms with Crippen molar-refractivity contribution in [3.8, 4) is 0 Å². The van der Waals surface area contributed by atoms with E-state index in [2.05, 4.69) is 34.6 Å². The molecule has 2 heteroatoms. The summed E-state index contributed by atoms with van der Waals surface area (Å²) in [5.41, 5.74) is 1.43. The van der Waals surface area contributed by atoms with Crippen molar-refractivity contribution in [1.29, 1.82) is 0 Å². The number of rotatable bonds is 5. The zero-order chi connectivity index (χ0) is 21.0. The summed E-state index contributed by atoms with van der Waals surface area (Å²) >= 11 is 0. The Morgan fingerprint density at radius 3 is 2.52 bits per heavy atom. The summed E-state index contributed by atoms with van der Waals surface area (Å²) < 4.78 is 0. The fraction of sp³-hybridized carbons (Fsp3) is 0.889. The van der Waals surface area contributed by atoms with Crippen LogP contribution in [0.25, 0.3) is 0 Å². The number of Topliss-reactive ketones (excluding diaryl/α,β-unsaturated/α-hetero) is 1. The summed E-state index contributed by atoms with van der Waals surface area (Å²) in [7, 11) is 0. The van der Waals surface area contributed by atoms with Crippen LogP contribution in [0.1, 0.15) is 98.8 Å². The van der Waals surface area contributed by atoms with E-state index in [4.69, 9.17) is 0 Å². The molecule has 0 spiro atoms. The van der Waals surface area contributed by atoms with Crippen LogP contribution < -0.4 is 0 Å². The molecule has 29 heavy (non-hydrogen) atoms. The highest BCUT2D eigenvalue weighted by atomic mass is 16.3. The Labute approximate surface area is 178 Å². The van der Waals surface area contributed by atoms with Crippen LogP contribution >= 0.6 is 0 Å². The monoisotopic (exact) mass is 400 g/mol. The van der Waals surface area contributed by atoms with Crippen molar-refractivity contribution in [3.05, 3.63) is 11.6 Å². The third kappa shape index (κ3) is 3.56. The van der Waals surface area contributed by atoms with Gasteiger partial charge in [0.2, 0.25) is 0 Å². The molecular formula is C27H44O2. The Morgan fingerprint density at radius 2 is 1.79 bits per heavy atom. The molecule has 3 saturated carbocycles. The molecule has 4 aliphatic rings. The molecular weight excluding hydrogens is 356 g/mol. The second kappa shape index (κ2) is 7.81. The van der Waals surface area contributed by atoms with Gasteiger partial charge in [-0.05, 0) is 96.5 Å². The number of hydrogen-bond acceptors (Lipinski definition) is 2. The number of hydrogen-bond donors (Lipinski definition) is 1. The van der Waals surface area contributed by atoms with E-state index in [9.17, 15) is 9.90 Å². The molecule has 0 amide bonds. The maximum absolute atomic E-state index is 13.2. The van der Waals surface area contributed by atoms with Gasteiger partial charge in [0.1, 0.15) is 0 Å². The van der Waals surface area contributed by atoms with Gasteiger partial charge in [-0.3, -0.25) is 4.79 Å². The molecule has 0 aromatic rings. The number of carbonyl (C=O) groups is 1. The van der Waals surface area contributed by atoms with Crippen molar-refractivity contribution < 1.29 is 9.90 Å². The second-order valence-corrected chi connectivity index (χ2v) is 12.1. The van der Waals surface area contributed by atoms with E-state index >= 15 is 0 Å². The number of fused-ring (bicyclic) bond motifs is 5. The number of aliphatic hydroxyl groups excluding tert-OH is 1. The molecule has 0 aromatic carbocycles. The first kappa shape index (κ1) is 21.6. The summed E-state index contributed by atoms with van der Waals surface area (Å²) in [6.07, 6.45) is 13.5. The van der Waals surface area contributed by atoms with Crippen LogP contribution in [0.5, 0.6) is 0 Å². The summed E-state index contributed by atoms with van der Waals surface area (Å²) in [6, 6.07) is 0. The Kier molecular flexibility index (Phi) is 5.82. The summed E-state index contributed by atoms with van der Waals surface area (Å²) in [5, 5.41) is 10.1. The first-order valence-corrected chi connectivity index (χ1v) is 12.6. The molecule has 8 atom stereocenters. The van der Waals surface area contributed by atoms with Crippen LogP contribution in [0.4, 0.5) is 0 Å². The fourth-order valence-corrected chi connectivity index (χ4v) is 8.56. The molecule has 164 valence electrons. The van der Waals surface area contributed by atoms with Gasteiger partial charge in [0.05, 0.1) is 6.10 Å². The van der Waals surface area contributed by atoms with E-state index in [1.54, 1.807) is 0 Å². The number of ketones is 1. The molecule has 0 heterocycles. The van der Waals surface area contributed by atoms with Crippen molar-refractivity contribution in [3.63, 3.8) is 0 Å². The average Bonchev–Trinajstić information content (AvgIpc) is 3.00. The molecule has 0 bridgehead atoms. The molecule has 0 aliphatic heterocycles. The number of aliphatic hydroxyl groups is 1. The van der Waals surface area contributed by atoms with E-state index in [-0.39, 0.29) is 5.41 Å². The lowest BCUT2D eigenvalue weighted by atomic mass is 9.46. The Hall–Kier alpha value is -0.630. The van der Waals surface area contributed by atoms with E-state index in [0.717, 1.165) is 48.5 Å². The van der Waals surface area contributed by atoms with Gasteiger partial charge in [0.15, 0.2) is 5.78 Å². The second-order valence-electron chi connectivity index (χ2n) is 12.1. The lowest BCUT2D eigenvalue weighted by molar-refractivity contribution is -0.129. The van der Waals surface area contributed by atoms with Crippen molar-refractivity contribution in [1.82, 2.24) is 0 Å². The minimum atomic E-state index is -0.407. The van der Waals surface area contributed by atoms with Crippen molar-refractivity contribution in [2.75, 3.05) is 0 Å². The van der Waals surface area contributed by atoms with Gasteiger partial charge in [0, 0.05) is 6.42 Å². The maximum atomic E-state index is 13.2. The Balaban J connectivity index is 1.53. The van der Waals surface area contributed by atoms with Crippen LogP contribution in [0.3, 0.4) is 0 Å². The number of carbonyl (C=O) groups excluding carboxylic acids is 1. The maximum Gasteiger partial charge on any atom is 0.159 e. The minimum absolute atomic E-state index is 0.0154. The summed E-state index contributed by atoms with van der Waals surface area (Å²) in [5.74, 6) is 4.77. The molecule has 1 N–H and O–H groups in total. The largest absolute Gasteiger partial charge is 0.389 e. The van der Waals surface area contributed by atoms with Gasteiger partial charge in [-0.2, -0.15) is 0 Å². The van der Waals surface area contributed by atoms with E-state index in [0.29, 0.717) is 23.0 Å². The van der Waals surface area contributed by atoms with E-state index in [1.807, 2.05) is 6.08 Å². The van der Waals surface area contributed by atoms with Crippen LogP contribution in [-0.4, -0.2) is 17.0 Å². The van der Waals surface area contributed by atoms with Gasteiger partial charge in [-0.1, -0.05) is 53.9 Å². The van der Waals surface area contributed by atoms with Gasteiger partial charge in [-0.15, -0.1) is 0 Å². The molecule has 0 aromatic heterocycles. The zero-order valence-electron chi connectivity index (χ0n) is 19.5. The number of allylic oxidation sites excluding steroid dienone is 1. The summed E-state index contributed by atoms with van der Waals surface area (Å²) in [4.78, 5) is 13.2. The normalized spacial score (nSPS) is 45.4. The Morgan fingerprint density at radius 1 is 1.03 bits per heavy atom. The summed E-state index contributed by atoms with van der Waals surface area (Å²) in [6.45, 7) is 12.1. The van der Waals surface area contributed by atoms with Crippen molar-refractivity contribution in [2.24, 2.45) is 46.3 Å². The van der Waals surface area contributed by atoms with Gasteiger partial charge >= 0.3 is 0 Å². The lowest BCUT2D eigenvalue weighted by Crippen LogP contribution is -2.53. The third-order valence-electron chi connectivity index (χ3n) is 10.1. The predicted molar refractivity (Wildman–Crippen MR) is 119 cm³/mol. The first-order valence-electron chi connectivity index (χ1n) is 12.6. The van der Waals surface area contributed by atoms with Gasteiger partial charge in [0.25, 0.3) is 0 Å². The molecule has 2 nitrogen and oxygen atoms in total. The molecule has 0 saturated heterocycles. The zero-order valence-corrected chi connectivity index (χ0v) is 19.5. The van der Waals surface area contributed by atoms with Gasteiger partial charge < -0.3 is 5.11 Å².